The summed E-state index contributed by atoms with van der Waals surface area (Å²) in [5, 5.41) is 0.858. The van der Waals surface area contributed by atoms with Gasteiger partial charge in [0.2, 0.25) is 0 Å². The lowest BCUT2D eigenvalue weighted by Crippen LogP contribution is -2.36. The van der Waals surface area contributed by atoms with Crippen LogP contribution in [0, 0.1) is 0 Å². The number of fused-ring (bicyclic) bond motifs is 1. The molecule has 96 valence electrons. The van der Waals surface area contributed by atoms with Crippen LogP contribution in [0.15, 0.2) is 24.3 Å². The molecule has 0 N–H and O–H groups in total. The van der Waals surface area contributed by atoms with Gasteiger partial charge in [0, 0.05) is 6.04 Å². The maximum absolute atomic E-state index is 11.4. The van der Waals surface area contributed by atoms with Crippen molar-refractivity contribution in [2.24, 2.45) is 0 Å². The number of nitrogens with zero attached hydrogens (tertiary/aromatic N) is 2. The molecule has 4 nitrogen and oxygen atoms in total. The quantitative estimate of drug-likeness (QED) is 0.796. The normalized spacial score (nSPS) is 10.9. The van der Waals surface area contributed by atoms with Gasteiger partial charge < -0.3 is 9.64 Å². The molecule has 1 aromatic carbocycles. The highest BCUT2D eigenvalue weighted by molar-refractivity contribution is 7.22. The average molecular weight is 264 g/mol. The monoisotopic (exact) mass is 264 g/mol. The predicted molar refractivity (Wildman–Crippen MR) is 74.1 cm³/mol. The Morgan fingerprint density at radius 3 is 2.78 bits per heavy atom. The van der Waals surface area contributed by atoms with Gasteiger partial charge in [-0.2, -0.15) is 0 Å². The van der Waals surface area contributed by atoms with Gasteiger partial charge in [0.1, 0.15) is 6.54 Å². The van der Waals surface area contributed by atoms with Crippen LogP contribution in [0.3, 0.4) is 0 Å². The number of aromatic nitrogens is 1. The fourth-order valence-corrected chi connectivity index (χ4v) is 2.76. The maximum Gasteiger partial charge on any atom is 0.325 e. The first-order chi connectivity index (χ1) is 8.61. The third-order valence-electron chi connectivity index (χ3n) is 2.68. The van der Waals surface area contributed by atoms with E-state index in [2.05, 4.69) is 4.98 Å². The number of anilines is 1. The van der Waals surface area contributed by atoms with Crippen LogP contribution in [-0.4, -0.2) is 30.6 Å². The van der Waals surface area contributed by atoms with E-state index in [1.165, 1.54) is 7.11 Å². The number of ether oxygens (including phenoxy) is 1. The number of carbonyl (C=O) groups excluding carboxylic acids is 1. The van der Waals surface area contributed by atoms with Gasteiger partial charge in [0.25, 0.3) is 0 Å². The van der Waals surface area contributed by atoms with Crippen molar-refractivity contribution in [3.63, 3.8) is 0 Å². The number of hydrogen-bond donors (Lipinski definition) is 0. The van der Waals surface area contributed by atoms with Crippen molar-refractivity contribution in [2.75, 3.05) is 18.6 Å². The van der Waals surface area contributed by atoms with E-state index in [4.69, 9.17) is 4.74 Å². The summed E-state index contributed by atoms with van der Waals surface area (Å²) < 4.78 is 5.85. The number of thiazole rings is 1. The second kappa shape index (κ2) is 5.35. The molecule has 0 aliphatic rings. The third-order valence-corrected chi connectivity index (χ3v) is 3.75. The summed E-state index contributed by atoms with van der Waals surface area (Å²) in [6, 6.07) is 8.17. The fraction of sp³-hybridized carbons (Fsp3) is 0.385. The van der Waals surface area contributed by atoms with E-state index < -0.39 is 0 Å². The third kappa shape index (κ3) is 2.61. The van der Waals surface area contributed by atoms with Crippen molar-refractivity contribution < 1.29 is 9.53 Å². The van der Waals surface area contributed by atoms with E-state index in [0.29, 0.717) is 0 Å². The van der Waals surface area contributed by atoms with Gasteiger partial charge in [-0.3, -0.25) is 4.79 Å². The van der Waals surface area contributed by atoms with Gasteiger partial charge in [-0.15, -0.1) is 0 Å². The molecule has 0 saturated carbocycles. The molecular weight excluding hydrogens is 248 g/mol. The molecule has 2 aromatic rings. The van der Waals surface area contributed by atoms with Crippen LogP contribution in [0.25, 0.3) is 10.2 Å². The molecule has 0 spiro atoms. The zero-order valence-electron chi connectivity index (χ0n) is 10.7. The molecule has 0 radical (unpaired) electrons. The minimum absolute atomic E-state index is 0.199. The minimum Gasteiger partial charge on any atom is -0.468 e. The molecule has 1 heterocycles. The lowest BCUT2D eigenvalue weighted by molar-refractivity contribution is -0.139. The highest BCUT2D eigenvalue weighted by atomic mass is 32.1. The molecule has 1 aromatic heterocycles. The Balaban J connectivity index is 2.32. The fourth-order valence-electron chi connectivity index (χ4n) is 1.66. The summed E-state index contributed by atoms with van der Waals surface area (Å²) in [5.74, 6) is -0.247. The number of rotatable bonds is 4. The lowest BCUT2D eigenvalue weighted by atomic mass is 10.3. The highest BCUT2D eigenvalue weighted by Crippen LogP contribution is 2.29. The molecule has 5 heteroatoms. The topological polar surface area (TPSA) is 42.4 Å². The molecule has 0 atom stereocenters. The Kier molecular flexibility index (Phi) is 3.81. The molecule has 0 aliphatic heterocycles. The molecule has 0 saturated heterocycles. The standard InChI is InChI=1S/C13H16N2O2S/c1-9(2)15(8-12(16)17-3)13-14-10-6-4-5-7-11(10)18-13/h4-7,9H,8H2,1-3H3. The number of benzene rings is 1. The summed E-state index contributed by atoms with van der Waals surface area (Å²) in [4.78, 5) is 17.9. The zero-order valence-corrected chi connectivity index (χ0v) is 11.5. The predicted octanol–water partition coefficient (Wildman–Crippen LogP) is 2.68. The first-order valence-corrected chi connectivity index (χ1v) is 6.62. The Labute approximate surface area is 110 Å². The van der Waals surface area contributed by atoms with Gasteiger partial charge in [-0.1, -0.05) is 23.5 Å². The molecule has 0 amide bonds. The molecule has 0 bridgehead atoms. The smallest absolute Gasteiger partial charge is 0.325 e. The zero-order chi connectivity index (χ0) is 13.1. The van der Waals surface area contributed by atoms with Crippen molar-refractivity contribution in [1.29, 1.82) is 0 Å². The first kappa shape index (κ1) is 12.8. The van der Waals surface area contributed by atoms with E-state index in [1.807, 2.05) is 43.0 Å². The molecule has 18 heavy (non-hydrogen) atoms. The van der Waals surface area contributed by atoms with Gasteiger partial charge in [0.15, 0.2) is 5.13 Å². The Hall–Kier alpha value is -1.62. The van der Waals surface area contributed by atoms with Crippen LogP contribution < -0.4 is 4.90 Å². The SMILES string of the molecule is COC(=O)CN(c1nc2ccccc2s1)C(C)C. The number of esters is 1. The molecule has 0 aliphatic carbocycles. The Bertz CT molecular complexity index is 518. The van der Waals surface area contributed by atoms with Gasteiger partial charge in [0.05, 0.1) is 17.3 Å². The van der Waals surface area contributed by atoms with Crippen LogP contribution in [0.1, 0.15) is 13.8 Å². The van der Waals surface area contributed by atoms with Crippen molar-refractivity contribution in [3.05, 3.63) is 24.3 Å². The van der Waals surface area contributed by atoms with Crippen molar-refractivity contribution in [3.8, 4) is 0 Å². The van der Waals surface area contributed by atoms with Crippen LogP contribution in [-0.2, 0) is 9.53 Å². The first-order valence-electron chi connectivity index (χ1n) is 5.81. The number of methoxy groups -OCH3 is 1. The highest BCUT2D eigenvalue weighted by Gasteiger charge is 2.18. The van der Waals surface area contributed by atoms with Crippen LogP contribution in [0.5, 0.6) is 0 Å². The lowest BCUT2D eigenvalue weighted by Gasteiger charge is -2.24. The van der Waals surface area contributed by atoms with Crippen molar-refractivity contribution in [2.45, 2.75) is 19.9 Å². The number of hydrogen-bond acceptors (Lipinski definition) is 5. The van der Waals surface area contributed by atoms with E-state index >= 15 is 0 Å². The molecule has 2 rings (SSSR count). The van der Waals surface area contributed by atoms with Crippen molar-refractivity contribution in [1.82, 2.24) is 4.98 Å². The molecular formula is C13H16N2O2S. The molecule has 0 fully saturated rings. The van der Waals surface area contributed by atoms with Gasteiger partial charge in [-0.25, -0.2) is 4.98 Å². The van der Waals surface area contributed by atoms with Gasteiger partial charge >= 0.3 is 5.97 Å². The second-order valence-electron chi connectivity index (χ2n) is 4.26. The molecule has 0 unspecified atom stereocenters. The second-order valence-corrected chi connectivity index (χ2v) is 5.27. The van der Waals surface area contributed by atoms with Crippen LogP contribution in [0.4, 0.5) is 5.13 Å². The Morgan fingerprint density at radius 1 is 1.44 bits per heavy atom. The summed E-state index contributed by atoms with van der Waals surface area (Å²) in [5.41, 5.74) is 0.966. The number of para-hydroxylation sites is 1. The average Bonchev–Trinajstić information content (AvgIpc) is 2.78. The van der Waals surface area contributed by atoms with Gasteiger partial charge in [-0.05, 0) is 26.0 Å². The minimum atomic E-state index is -0.247. The largest absolute Gasteiger partial charge is 0.468 e. The van der Waals surface area contributed by atoms with E-state index in [9.17, 15) is 4.79 Å². The Morgan fingerprint density at radius 2 is 2.17 bits per heavy atom. The van der Waals surface area contributed by atoms with E-state index in [1.54, 1.807) is 11.3 Å². The summed E-state index contributed by atoms with van der Waals surface area (Å²) in [7, 11) is 1.40. The summed E-state index contributed by atoms with van der Waals surface area (Å²) in [6.45, 7) is 4.30. The van der Waals surface area contributed by atoms with Crippen molar-refractivity contribution >= 4 is 32.7 Å². The van der Waals surface area contributed by atoms with Crippen LogP contribution >= 0.6 is 11.3 Å². The number of carbonyl (C=O) groups is 1. The summed E-state index contributed by atoms with van der Waals surface area (Å²) in [6.07, 6.45) is 0. The van der Waals surface area contributed by atoms with E-state index in [-0.39, 0.29) is 18.6 Å². The van der Waals surface area contributed by atoms with Crippen LogP contribution in [0.2, 0.25) is 0 Å². The van der Waals surface area contributed by atoms with E-state index in [0.717, 1.165) is 15.3 Å². The maximum atomic E-state index is 11.4. The summed E-state index contributed by atoms with van der Waals surface area (Å²) >= 11 is 1.59.